The number of hydrogen-bond donors (Lipinski definition) is 1. The predicted octanol–water partition coefficient (Wildman–Crippen LogP) is 0.607. The topological polar surface area (TPSA) is 32.5 Å². The first kappa shape index (κ1) is 12.0. The minimum atomic E-state index is 0.336. The number of nitrogens with zero attached hydrogens (tertiary/aromatic N) is 2. The van der Waals surface area contributed by atoms with Crippen LogP contribution in [0.25, 0.3) is 0 Å². The van der Waals surface area contributed by atoms with E-state index in [1.807, 2.05) is 0 Å². The van der Waals surface area contributed by atoms with Crippen molar-refractivity contribution in [2.24, 2.45) is 11.7 Å². The smallest absolute Gasteiger partial charge is 0.0191 e. The van der Waals surface area contributed by atoms with Gasteiger partial charge in [0.25, 0.3) is 0 Å². The fraction of sp³-hybridized carbons (Fsp3) is 1.00. The second kappa shape index (κ2) is 5.69. The Kier molecular flexibility index (Phi) is 4.85. The largest absolute Gasteiger partial charge is 0.326 e. The first-order chi connectivity index (χ1) is 6.63. The Morgan fingerprint density at radius 1 is 1.07 bits per heavy atom. The van der Waals surface area contributed by atoms with Crippen LogP contribution in [0.15, 0.2) is 0 Å². The highest BCUT2D eigenvalue weighted by molar-refractivity contribution is 4.76. The molecule has 0 aliphatic carbocycles. The Morgan fingerprint density at radius 2 is 1.57 bits per heavy atom. The van der Waals surface area contributed by atoms with E-state index in [1.165, 1.54) is 32.7 Å². The summed E-state index contributed by atoms with van der Waals surface area (Å²) in [6.07, 6.45) is 0. The molecule has 0 bridgehead atoms. The fourth-order valence-corrected chi connectivity index (χ4v) is 1.80. The van der Waals surface area contributed by atoms with Crippen LogP contribution in [0.2, 0.25) is 0 Å². The number of rotatable bonds is 4. The lowest BCUT2D eigenvalue weighted by atomic mass is 10.0. The molecule has 1 aliphatic rings. The van der Waals surface area contributed by atoms with Gasteiger partial charge in [-0.3, -0.25) is 4.90 Å². The van der Waals surface area contributed by atoms with E-state index in [0.717, 1.165) is 6.54 Å². The van der Waals surface area contributed by atoms with Crippen molar-refractivity contribution in [3.63, 3.8) is 0 Å². The van der Waals surface area contributed by atoms with Crippen LogP contribution in [0.4, 0.5) is 0 Å². The highest BCUT2D eigenvalue weighted by Crippen LogP contribution is 2.05. The van der Waals surface area contributed by atoms with Crippen LogP contribution < -0.4 is 5.73 Å². The molecule has 3 nitrogen and oxygen atoms in total. The van der Waals surface area contributed by atoms with Crippen molar-refractivity contribution in [2.45, 2.75) is 26.8 Å². The first-order valence-corrected chi connectivity index (χ1v) is 5.83. The van der Waals surface area contributed by atoms with Crippen molar-refractivity contribution in [3.8, 4) is 0 Å². The average molecular weight is 199 g/mol. The van der Waals surface area contributed by atoms with Gasteiger partial charge < -0.3 is 10.6 Å². The van der Waals surface area contributed by atoms with Crippen molar-refractivity contribution in [1.29, 1.82) is 0 Å². The van der Waals surface area contributed by atoms with Crippen LogP contribution in [0.1, 0.15) is 20.8 Å². The normalized spacial score (nSPS) is 22.9. The summed E-state index contributed by atoms with van der Waals surface area (Å²) in [5, 5.41) is 0. The zero-order chi connectivity index (χ0) is 10.6. The van der Waals surface area contributed by atoms with Crippen LogP contribution in [0.5, 0.6) is 0 Å². The summed E-state index contributed by atoms with van der Waals surface area (Å²) in [6, 6.07) is 0.336. The van der Waals surface area contributed by atoms with Gasteiger partial charge in [-0.25, -0.2) is 0 Å². The highest BCUT2D eigenvalue weighted by Gasteiger charge is 2.18. The van der Waals surface area contributed by atoms with Gasteiger partial charge in [0.1, 0.15) is 0 Å². The number of likely N-dealkylation sites (N-methyl/N-ethyl adjacent to an activating group) is 1. The molecule has 1 heterocycles. The van der Waals surface area contributed by atoms with E-state index in [1.54, 1.807) is 0 Å². The van der Waals surface area contributed by atoms with Gasteiger partial charge in [-0.2, -0.15) is 0 Å². The van der Waals surface area contributed by atoms with Crippen LogP contribution in [-0.2, 0) is 0 Å². The molecule has 1 atom stereocenters. The van der Waals surface area contributed by atoms with Crippen molar-refractivity contribution >= 4 is 0 Å². The molecule has 1 fully saturated rings. The molecule has 0 aromatic rings. The minimum absolute atomic E-state index is 0.336. The van der Waals surface area contributed by atoms with E-state index in [9.17, 15) is 0 Å². The molecule has 0 spiro atoms. The van der Waals surface area contributed by atoms with Crippen LogP contribution in [-0.4, -0.2) is 55.1 Å². The summed E-state index contributed by atoms with van der Waals surface area (Å²) in [5.74, 6) is 0.596. The molecule has 0 aromatic carbocycles. The monoisotopic (exact) mass is 199 g/mol. The van der Waals surface area contributed by atoms with Gasteiger partial charge >= 0.3 is 0 Å². The molecule has 1 rings (SSSR count). The van der Waals surface area contributed by atoms with Crippen molar-refractivity contribution in [2.75, 3.05) is 39.3 Å². The highest BCUT2D eigenvalue weighted by atomic mass is 15.3. The van der Waals surface area contributed by atoms with Crippen LogP contribution >= 0.6 is 0 Å². The molecule has 0 aromatic heterocycles. The van der Waals surface area contributed by atoms with Gasteiger partial charge in [0.2, 0.25) is 0 Å². The minimum Gasteiger partial charge on any atom is -0.326 e. The molecule has 1 aliphatic heterocycles. The van der Waals surface area contributed by atoms with Crippen LogP contribution in [0.3, 0.4) is 0 Å². The molecule has 0 saturated carbocycles. The van der Waals surface area contributed by atoms with E-state index in [2.05, 4.69) is 30.6 Å². The van der Waals surface area contributed by atoms with E-state index < -0.39 is 0 Å². The maximum atomic E-state index is 6.06. The Morgan fingerprint density at radius 3 is 2.00 bits per heavy atom. The van der Waals surface area contributed by atoms with Crippen LogP contribution in [0, 0.1) is 5.92 Å². The zero-order valence-corrected chi connectivity index (χ0v) is 9.87. The molecule has 84 valence electrons. The summed E-state index contributed by atoms with van der Waals surface area (Å²) in [7, 11) is 0. The van der Waals surface area contributed by atoms with Gasteiger partial charge in [-0.05, 0) is 12.5 Å². The third-order valence-electron chi connectivity index (χ3n) is 3.24. The SMILES string of the molecule is CCN1CCN(C[C@H](N)C(C)C)CC1. The van der Waals surface area contributed by atoms with Gasteiger partial charge in [-0.15, -0.1) is 0 Å². The number of piperazine rings is 1. The third kappa shape index (κ3) is 3.56. The second-order valence-corrected chi connectivity index (χ2v) is 4.64. The van der Waals surface area contributed by atoms with E-state index in [4.69, 9.17) is 5.73 Å². The van der Waals surface area contributed by atoms with Crippen molar-refractivity contribution in [3.05, 3.63) is 0 Å². The summed E-state index contributed by atoms with van der Waals surface area (Å²) >= 11 is 0. The predicted molar refractivity (Wildman–Crippen MR) is 61.4 cm³/mol. The van der Waals surface area contributed by atoms with Gasteiger partial charge in [0, 0.05) is 38.8 Å². The molecule has 0 amide bonds. The van der Waals surface area contributed by atoms with E-state index >= 15 is 0 Å². The number of nitrogens with two attached hydrogens (primary N) is 1. The average Bonchev–Trinajstić information content (AvgIpc) is 2.19. The summed E-state index contributed by atoms with van der Waals surface area (Å²) < 4.78 is 0. The summed E-state index contributed by atoms with van der Waals surface area (Å²) in [6.45, 7) is 13.7. The number of hydrogen-bond acceptors (Lipinski definition) is 3. The standard InChI is InChI=1S/C11H25N3/c1-4-13-5-7-14(8-6-13)9-11(12)10(2)3/h10-11H,4-9,12H2,1-3H3/t11-/m0/s1. The Labute approximate surface area is 88.2 Å². The quantitative estimate of drug-likeness (QED) is 0.720. The molecule has 14 heavy (non-hydrogen) atoms. The molecule has 0 unspecified atom stereocenters. The first-order valence-electron chi connectivity index (χ1n) is 5.83. The summed E-state index contributed by atoms with van der Waals surface area (Å²) in [5.41, 5.74) is 6.06. The fourth-order valence-electron chi connectivity index (χ4n) is 1.80. The zero-order valence-electron chi connectivity index (χ0n) is 9.87. The lowest BCUT2D eigenvalue weighted by molar-refractivity contribution is 0.126. The van der Waals surface area contributed by atoms with Gasteiger partial charge in [0.05, 0.1) is 0 Å². The lowest BCUT2D eigenvalue weighted by Crippen LogP contribution is -2.50. The maximum absolute atomic E-state index is 6.06. The van der Waals surface area contributed by atoms with E-state index in [-0.39, 0.29) is 0 Å². The second-order valence-electron chi connectivity index (χ2n) is 4.64. The van der Waals surface area contributed by atoms with Gasteiger partial charge in [0.15, 0.2) is 0 Å². The molecule has 2 N–H and O–H groups in total. The van der Waals surface area contributed by atoms with Gasteiger partial charge in [-0.1, -0.05) is 20.8 Å². The van der Waals surface area contributed by atoms with Crippen molar-refractivity contribution in [1.82, 2.24) is 9.80 Å². The molecule has 0 radical (unpaired) electrons. The molecule has 1 saturated heterocycles. The lowest BCUT2D eigenvalue weighted by Gasteiger charge is -2.35. The Hall–Kier alpha value is -0.120. The van der Waals surface area contributed by atoms with E-state index in [0.29, 0.717) is 12.0 Å². The maximum Gasteiger partial charge on any atom is 0.0191 e. The molecular formula is C11H25N3. The molecule has 3 heteroatoms. The summed E-state index contributed by atoms with van der Waals surface area (Å²) in [4.78, 5) is 4.99. The molecular weight excluding hydrogens is 174 g/mol. The third-order valence-corrected chi connectivity index (χ3v) is 3.24. The van der Waals surface area contributed by atoms with Crippen molar-refractivity contribution < 1.29 is 0 Å². The Bertz CT molecular complexity index is 151. The Balaban J connectivity index is 2.22.